The molecule has 2 N–H and O–H groups in total. The van der Waals surface area contributed by atoms with E-state index in [4.69, 9.17) is 23.8 Å². The minimum atomic E-state index is -0.512. The standard InChI is InChI=1S/C15H19ClN4O2S/c1-10(11-7-8-13(16)14(9-11)20(21)22)18-19-15(23)17-12-5-3-2-4-6-12/h7-9,12H,2-6H2,1H3,(H2,17,19,23)/b18-10+. The molecule has 0 amide bonds. The Morgan fingerprint density at radius 3 is 2.74 bits per heavy atom. The molecule has 8 heteroatoms. The van der Waals surface area contributed by atoms with E-state index in [0.29, 0.717) is 22.4 Å². The maximum atomic E-state index is 10.9. The van der Waals surface area contributed by atoms with Crippen LogP contribution in [-0.2, 0) is 0 Å². The summed E-state index contributed by atoms with van der Waals surface area (Å²) in [5.74, 6) is 0. The maximum absolute atomic E-state index is 10.9. The van der Waals surface area contributed by atoms with Gasteiger partial charge in [-0.1, -0.05) is 36.9 Å². The van der Waals surface area contributed by atoms with Crippen LogP contribution in [0, 0.1) is 10.1 Å². The third kappa shape index (κ3) is 5.14. The van der Waals surface area contributed by atoms with Crippen molar-refractivity contribution in [2.24, 2.45) is 5.10 Å². The lowest BCUT2D eigenvalue weighted by Crippen LogP contribution is -2.41. The van der Waals surface area contributed by atoms with Crippen LogP contribution in [0.15, 0.2) is 23.3 Å². The van der Waals surface area contributed by atoms with Crippen LogP contribution in [0.1, 0.15) is 44.6 Å². The number of thiocarbonyl (C=S) groups is 1. The predicted octanol–water partition coefficient (Wildman–Crippen LogP) is 3.77. The number of nitro groups is 1. The number of hydrogen-bond acceptors (Lipinski definition) is 4. The summed E-state index contributed by atoms with van der Waals surface area (Å²) in [4.78, 5) is 10.4. The minimum Gasteiger partial charge on any atom is -0.359 e. The first-order valence-corrected chi connectivity index (χ1v) is 8.31. The average molecular weight is 355 g/mol. The SMILES string of the molecule is C/C(=N\NC(=S)NC1CCCCC1)c1ccc(Cl)c([N+](=O)[O-])c1. The Morgan fingerprint density at radius 2 is 2.09 bits per heavy atom. The summed E-state index contributed by atoms with van der Waals surface area (Å²) in [5.41, 5.74) is 3.87. The van der Waals surface area contributed by atoms with Crippen LogP contribution in [0.3, 0.4) is 0 Å². The van der Waals surface area contributed by atoms with Crippen molar-refractivity contribution in [2.75, 3.05) is 0 Å². The number of nitrogens with zero attached hydrogens (tertiary/aromatic N) is 2. The molecule has 0 aromatic heterocycles. The fourth-order valence-electron chi connectivity index (χ4n) is 2.54. The fourth-order valence-corrected chi connectivity index (χ4v) is 2.94. The highest BCUT2D eigenvalue weighted by atomic mass is 35.5. The smallest absolute Gasteiger partial charge is 0.288 e. The molecule has 0 atom stereocenters. The molecule has 124 valence electrons. The van der Waals surface area contributed by atoms with E-state index >= 15 is 0 Å². The first kappa shape index (κ1) is 17.6. The lowest BCUT2D eigenvalue weighted by molar-refractivity contribution is -0.384. The van der Waals surface area contributed by atoms with Gasteiger partial charge in [0.2, 0.25) is 0 Å². The molecule has 1 fully saturated rings. The van der Waals surface area contributed by atoms with E-state index in [-0.39, 0.29) is 10.7 Å². The van der Waals surface area contributed by atoms with Gasteiger partial charge in [-0.3, -0.25) is 15.5 Å². The second-order valence-electron chi connectivity index (χ2n) is 5.54. The molecule has 6 nitrogen and oxygen atoms in total. The number of nitrogens with one attached hydrogen (secondary N) is 2. The van der Waals surface area contributed by atoms with Crippen LogP contribution in [-0.4, -0.2) is 21.8 Å². The average Bonchev–Trinajstić information content (AvgIpc) is 2.53. The van der Waals surface area contributed by atoms with E-state index in [1.165, 1.54) is 31.4 Å². The number of hydrazone groups is 1. The molecule has 1 aliphatic rings. The molecule has 1 aromatic carbocycles. The Morgan fingerprint density at radius 1 is 1.39 bits per heavy atom. The zero-order chi connectivity index (χ0) is 16.8. The van der Waals surface area contributed by atoms with Gasteiger partial charge in [0.05, 0.1) is 10.6 Å². The van der Waals surface area contributed by atoms with Gasteiger partial charge in [0.1, 0.15) is 5.02 Å². The number of hydrogen-bond donors (Lipinski definition) is 2. The molecule has 1 aliphatic carbocycles. The number of nitro benzene ring substituents is 1. The summed E-state index contributed by atoms with van der Waals surface area (Å²) >= 11 is 11.0. The normalized spacial score (nSPS) is 16.0. The van der Waals surface area contributed by atoms with Gasteiger partial charge in [0.25, 0.3) is 5.69 Å². The Bertz CT molecular complexity index is 630. The molecule has 0 saturated heterocycles. The Balaban J connectivity index is 1.97. The third-order valence-corrected chi connectivity index (χ3v) is 4.35. The van der Waals surface area contributed by atoms with Crippen LogP contribution in [0.2, 0.25) is 5.02 Å². The van der Waals surface area contributed by atoms with Crippen molar-refractivity contribution in [3.8, 4) is 0 Å². The Kier molecular flexibility index (Phi) is 6.29. The van der Waals surface area contributed by atoms with Gasteiger partial charge in [-0.25, -0.2) is 0 Å². The summed E-state index contributed by atoms with van der Waals surface area (Å²) in [5, 5.41) is 18.9. The van der Waals surface area contributed by atoms with Crippen molar-refractivity contribution in [1.29, 1.82) is 0 Å². The van der Waals surface area contributed by atoms with E-state index in [1.807, 2.05) is 0 Å². The van der Waals surface area contributed by atoms with E-state index in [0.717, 1.165) is 12.8 Å². The maximum Gasteiger partial charge on any atom is 0.288 e. The predicted molar refractivity (Wildman–Crippen MR) is 96.1 cm³/mol. The lowest BCUT2D eigenvalue weighted by atomic mass is 9.96. The molecule has 1 saturated carbocycles. The van der Waals surface area contributed by atoms with Crippen molar-refractivity contribution < 1.29 is 4.92 Å². The summed E-state index contributed by atoms with van der Waals surface area (Å²) in [6.07, 6.45) is 5.96. The monoisotopic (exact) mass is 354 g/mol. The van der Waals surface area contributed by atoms with Crippen LogP contribution >= 0.6 is 23.8 Å². The van der Waals surface area contributed by atoms with E-state index < -0.39 is 4.92 Å². The molecular formula is C15H19ClN4O2S. The molecule has 0 aliphatic heterocycles. The second-order valence-corrected chi connectivity index (χ2v) is 6.36. The van der Waals surface area contributed by atoms with Gasteiger partial charge in [0.15, 0.2) is 5.11 Å². The first-order valence-electron chi connectivity index (χ1n) is 7.52. The van der Waals surface area contributed by atoms with Crippen molar-refractivity contribution in [2.45, 2.75) is 45.1 Å². The van der Waals surface area contributed by atoms with Gasteiger partial charge >= 0.3 is 0 Å². The lowest BCUT2D eigenvalue weighted by Gasteiger charge is -2.23. The van der Waals surface area contributed by atoms with Crippen LogP contribution < -0.4 is 10.7 Å². The number of halogens is 1. The van der Waals surface area contributed by atoms with Gasteiger partial charge in [0, 0.05) is 17.7 Å². The molecular weight excluding hydrogens is 336 g/mol. The summed E-state index contributed by atoms with van der Waals surface area (Å²) in [7, 11) is 0. The third-order valence-electron chi connectivity index (χ3n) is 3.83. The van der Waals surface area contributed by atoms with E-state index in [2.05, 4.69) is 15.8 Å². The highest BCUT2D eigenvalue weighted by Crippen LogP contribution is 2.25. The number of benzene rings is 1. The Hall–Kier alpha value is -1.73. The largest absolute Gasteiger partial charge is 0.359 e. The molecule has 23 heavy (non-hydrogen) atoms. The minimum absolute atomic E-state index is 0.106. The number of rotatable bonds is 4. The van der Waals surface area contributed by atoms with Crippen LogP contribution in [0.4, 0.5) is 5.69 Å². The molecule has 0 unspecified atom stereocenters. The van der Waals surface area contributed by atoms with Gasteiger partial charge < -0.3 is 5.32 Å². The molecule has 1 aromatic rings. The van der Waals surface area contributed by atoms with Crippen LogP contribution in [0.25, 0.3) is 0 Å². The molecule has 0 spiro atoms. The Labute approximate surface area is 145 Å². The summed E-state index contributed by atoms with van der Waals surface area (Å²) in [6.45, 7) is 1.75. The van der Waals surface area contributed by atoms with Crippen molar-refractivity contribution in [3.05, 3.63) is 38.9 Å². The highest BCUT2D eigenvalue weighted by Gasteiger charge is 2.15. The second kappa shape index (κ2) is 8.21. The topological polar surface area (TPSA) is 79.6 Å². The van der Waals surface area contributed by atoms with Crippen molar-refractivity contribution in [1.82, 2.24) is 10.7 Å². The first-order chi connectivity index (χ1) is 11.0. The molecule has 2 rings (SSSR count). The quantitative estimate of drug-likeness (QED) is 0.372. The van der Waals surface area contributed by atoms with E-state index in [9.17, 15) is 10.1 Å². The van der Waals surface area contributed by atoms with Gasteiger partial charge in [-0.05, 0) is 38.0 Å². The molecule has 0 radical (unpaired) electrons. The van der Waals surface area contributed by atoms with E-state index in [1.54, 1.807) is 13.0 Å². The summed E-state index contributed by atoms with van der Waals surface area (Å²) in [6, 6.07) is 4.98. The van der Waals surface area contributed by atoms with Crippen LogP contribution in [0.5, 0.6) is 0 Å². The molecule has 0 bridgehead atoms. The fraction of sp³-hybridized carbons (Fsp3) is 0.467. The van der Waals surface area contributed by atoms with Gasteiger partial charge in [-0.15, -0.1) is 0 Å². The van der Waals surface area contributed by atoms with Crippen molar-refractivity contribution in [3.63, 3.8) is 0 Å². The van der Waals surface area contributed by atoms with Gasteiger partial charge in [-0.2, -0.15) is 5.10 Å². The molecule has 0 heterocycles. The zero-order valence-electron chi connectivity index (χ0n) is 12.8. The van der Waals surface area contributed by atoms with Crippen molar-refractivity contribution >= 4 is 40.3 Å². The summed E-state index contributed by atoms with van der Waals surface area (Å²) < 4.78 is 0. The highest BCUT2D eigenvalue weighted by molar-refractivity contribution is 7.80. The zero-order valence-corrected chi connectivity index (χ0v) is 14.4.